The first-order valence-electron chi connectivity index (χ1n) is 8.86. The minimum absolute atomic E-state index is 0.226. The van der Waals surface area contributed by atoms with Gasteiger partial charge in [0.05, 0.1) is 4.48 Å². The molecule has 1 aromatic heterocycles. The SMILES string of the molecule is CC(C)(NC1N=CC(Br)=C(Nc2cc(C3CC3)[nH]n2)N1)c1ccccc1. The summed E-state index contributed by atoms with van der Waals surface area (Å²) in [6.07, 6.45) is 4.07. The Morgan fingerprint density at radius 1 is 1.19 bits per heavy atom. The van der Waals surface area contributed by atoms with E-state index in [1.807, 2.05) is 12.3 Å². The minimum Gasteiger partial charge on any atom is -0.337 e. The molecule has 6 nitrogen and oxygen atoms in total. The van der Waals surface area contributed by atoms with Gasteiger partial charge < -0.3 is 10.6 Å². The van der Waals surface area contributed by atoms with E-state index in [0.29, 0.717) is 5.92 Å². The normalized spacial score (nSPS) is 20.2. The summed E-state index contributed by atoms with van der Waals surface area (Å²) in [7, 11) is 0. The van der Waals surface area contributed by atoms with Crippen molar-refractivity contribution in [3.8, 4) is 0 Å². The molecule has 1 unspecified atom stereocenters. The standard InChI is InChI=1S/C19H23BrN6/c1-19(2,13-6-4-3-5-7-13)24-18-21-11-14(20)17(23-18)22-16-10-15(25-26-16)12-8-9-12/h3-7,10-12,18,23-24H,8-9H2,1-2H3,(H2,22,25,26). The van der Waals surface area contributed by atoms with Gasteiger partial charge in [0, 0.05) is 29.4 Å². The molecule has 4 rings (SSSR count). The topological polar surface area (TPSA) is 77.1 Å². The van der Waals surface area contributed by atoms with Crippen molar-refractivity contribution in [2.45, 2.75) is 44.4 Å². The summed E-state index contributed by atoms with van der Waals surface area (Å²) < 4.78 is 0.865. The van der Waals surface area contributed by atoms with Crippen LogP contribution < -0.4 is 16.0 Å². The lowest BCUT2D eigenvalue weighted by Gasteiger charge is -2.33. The maximum atomic E-state index is 4.54. The zero-order chi connectivity index (χ0) is 18.1. The fraction of sp³-hybridized carbons (Fsp3) is 0.368. The van der Waals surface area contributed by atoms with Crippen LogP contribution in [0, 0.1) is 0 Å². The largest absolute Gasteiger partial charge is 0.337 e. The molecule has 2 aliphatic rings. The molecule has 0 saturated heterocycles. The highest BCUT2D eigenvalue weighted by atomic mass is 79.9. The van der Waals surface area contributed by atoms with E-state index in [1.54, 1.807) is 0 Å². The predicted octanol–water partition coefficient (Wildman–Crippen LogP) is 3.75. The monoisotopic (exact) mass is 414 g/mol. The summed E-state index contributed by atoms with van der Waals surface area (Å²) in [4.78, 5) is 4.54. The number of hydrogen-bond donors (Lipinski definition) is 4. The summed E-state index contributed by atoms with van der Waals surface area (Å²) in [5.74, 6) is 2.30. The molecule has 0 amide bonds. The lowest BCUT2D eigenvalue weighted by atomic mass is 9.94. The van der Waals surface area contributed by atoms with Crippen LogP contribution in [0.1, 0.15) is 43.9 Å². The van der Waals surface area contributed by atoms with Gasteiger partial charge in [0.15, 0.2) is 12.1 Å². The Hall–Kier alpha value is -2.12. The Morgan fingerprint density at radius 3 is 2.69 bits per heavy atom. The summed E-state index contributed by atoms with van der Waals surface area (Å²) in [5, 5.41) is 17.7. The van der Waals surface area contributed by atoms with Crippen LogP contribution in [0.4, 0.5) is 5.82 Å². The van der Waals surface area contributed by atoms with Crippen molar-refractivity contribution in [3.63, 3.8) is 0 Å². The van der Waals surface area contributed by atoms with E-state index in [1.165, 1.54) is 24.1 Å². The number of rotatable bonds is 6. The fourth-order valence-electron chi connectivity index (χ4n) is 3.03. The quantitative estimate of drug-likeness (QED) is 0.580. The Morgan fingerprint density at radius 2 is 1.96 bits per heavy atom. The van der Waals surface area contributed by atoms with Crippen molar-refractivity contribution in [1.82, 2.24) is 20.8 Å². The first-order valence-corrected chi connectivity index (χ1v) is 9.65. The highest BCUT2D eigenvalue weighted by Gasteiger charge is 2.27. The molecular weight excluding hydrogens is 392 g/mol. The van der Waals surface area contributed by atoms with Crippen molar-refractivity contribution in [1.29, 1.82) is 0 Å². The van der Waals surface area contributed by atoms with Crippen molar-refractivity contribution < 1.29 is 0 Å². The van der Waals surface area contributed by atoms with Crippen LogP contribution in [0.3, 0.4) is 0 Å². The number of allylic oxidation sites excluding steroid dienone is 1. The summed E-state index contributed by atoms with van der Waals surface area (Å²) in [5.41, 5.74) is 2.19. The zero-order valence-electron chi connectivity index (χ0n) is 14.9. The summed E-state index contributed by atoms with van der Waals surface area (Å²) >= 11 is 3.55. The summed E-state index contributed by atoms with van der Waals surface area (Å²) in [6.45, 7) is 4.30. The molecule has 4 N–H and O–H groups in total. The number of nitrogens with one attached hydrogen (secondary N) is 4. The Labute approximate surface area is 161 Å². The van der Waals surface area contributed by atoms with Gasteiger partial charge >= 0.3 is 0 Å². The molecule has 1 saturated carbocycles. The number of hydrogen-bond acceptors (Lipinski definition) is 5. The highest BCUT2D eigenvalue weighted by molar-refractivity contribution is 9.12. The molecule has 2 aromatic rings. The molecule has 7 heteroatoms. The minimum atomic E-state index is -0.240. The van der Waals surface area contributed by atoms with E-state index in [4.69, 9.17) is 0 Å². The average Bonchev–Trinajstić information content (AvgIpc) is 3.38. The van der Waals surface area contributed by atoms with Crippen LogP contribution in [0.15, 0.2) is 51.7 Å². The number of H-pyrrole nitrogens is 1. The van der Waals surface area contributed by atoms with Gasteiger partial charge in [-0.1, -0.05) is 30.3 Å². The molecule has 0 spiro atoms. The van der Waals surface area contributed by atoms with E-state index < -0.39 is 0 Å². The fourth-order valence-corrected chi connectivity index (χ4v) is 3.36. The van der Waals surface area contributed by atoms with Crippen LogP contribution in [0.2, 0.25) is 0 Å². The molecule has 1 atom stereocenters. The molecular formula is C19H23BrN6. The maximum Gasteiger partial charge on any atom is 0.175 e. The molecule has 0 bridgehead atoms. The average molecular weight is 415 g/mol. The van der Waals surface area contributed by atoms with Crippen LogP contribution in [-0.2, 0) is 5.54 Å². The van der Waals surface area contributed by atoms with Gasteiger partial charge in [-0.15, -0.1) is 0 Å². The van der Waals surface area contributed by atoms with Crippen LogP contribution in [-0.4, -0.2) is 22.7 Å². The lowest BCUT2D eigenvalue weighted by molar-refractivity contribution is 0.322. The van der Waals surface area contributed by atoms with Gasteiger partial charge in [-0.3, -0.25) is 15.4 Å². The number of halogens is 1. The third-order valence-corrected chi connectivity index (χ3v) is 5.32. The number of aromatic nitrogens is 2. The second-order valence-electron chi connectivity index (χ2n) is 7.29. The third kappa shape index (κ3) is 3.83. The van der Waals surface area contributed by atoms with Crippen LogP contribution >= 0.6 is 15.9 Å². The van der Waals surface area contributed by atoms with Crippen LogP contribution in [0.25, 0.3) is 0 Å². The third-order valence-electron chi connectivity index (χ3n) is 4.72. The number of anilines is 1. The Kier molecular flexibility index (Phi) is 4.58. The second kappa shape index (κ2) is 6.89. The first kappa shape index (κ1) is 17.3. The number of benzene rings is 1. The first-order chi connectivity index (χ1) is 12.5. The van der Waals surface area contributed by atoms with Gasteiger partial charge in [-0.05, 0) is 48.2 Å². The molecule has 1 aliphatic heterocycles. The van der Waals surface area contributed by atoms with Crippen molar-refractivity contribution >= 4 is 28.0 Å². The molecule has 1 aliphatic carbocycles. The van der Waals surface area contributed by atoms with Gasteiger partial charge in [-0.2, -0.15) is 5.10 Å². The van der Waals surface area contributed by atoms with E-state index >= 15 is 0 Å². The van der Waals surface area contributed by atoms with Crippen LogP contribution in [0.5, 0.6) is 0 Å². The smallest absolute Gasteiger partial charge is 0.175 e. The Balaban J connectivity index is 1.43. The van der Waals surface area contributed by atoms with Gasteiger partial charge in [0.25, 0.3) is 0 Å². The van der Waals surface area contributed by atoms with Gasteiger partial charge in [0.1, 0.15) is 5.82 Å². The second-order valence-corrected chi connectivity index (χ2v) is 8.15. The molecule has 26 heavy (non-hydrogen) atoms. The van der Waals surface area contributed by atoms with Crippen molar-refractivity contribution in [2.24, 2.45) is 4.99 Å². The Bertz CT molecular complexity index is 835. The number of aromatic amines is 1. The van der Waals surface area contributed by atoms with Crippen molar-refractivity contribution in [2.75, 3.05) is 5.32 Å². The van der Waals surface area contributed by atoms with E-state index in [2.05, 4.69) is 91.2 Å². The van der Waals surface area contributed by atoms with E-state index in [0.717, 1.165) is 16.1 Å². The number of nitrogens with zero attached hydrogens (tertiary/aromatic N) is 2. The summed E-state index contributed by atoms with van der Waals surface area (Å²) in [6, 6.07) is 12.4. The predicted molar refractivity (Wildman–Crippen MR) is 108 cm³/mol. The molecule has 1 fully saturated rings. The number of aliphatic imine (C=N–C) groups is 1. The van der Waals surface area contributed by atoms with Crippen molar-refractivity contribution in [3.05, 3.63) is 58.0 Å². The highest BCUT2D eigenvalue weighted by Crippen LogP contribution is 2.39. The van der Waals surface area contributed by atoms with Gasteiger partial charge in [0.2, 0.25) is 0 Å². The molecule has 1 aromatic carbocycles. The van der Waals surface area contributed by atoms with Gasteiger partial charge in [-0.25, -0.2) is 0 Å². The van der Waals surface area contributed by atoms with E-state index in [9.17, 15) is 0 Å². The molecule has 0 radical (unpaired) electrons. The molecule has 2 heterocycles. The zero-order valence-corrected chi connectivity index (χ0v) is 16.5. The molecule has 136 valence electrons. The lowest BCUT2D eigenvalue weighted by Crippen LogP contribution is -2.51. The van der Waals surface area contributed by atoms with E-state index in [-0.39, 0.29) is 11.8 Å². The maximum absolute atomic E-state index is 4.54.